The number of aryl methyl sites for hydroxylation is 1. The summed E-state index contributed by atoms with van der Waals surface area (Å²) in [6.45, 7) is 1.58. The van der Waals surface area contributed by atoms with Crippen molar-refractivity contribution < 1.29 is 22.3 Å². The van der Waals surface area contributed by atoms with Crippen molar-refractivity contribution in [3.05, 3.63) is 47.9 Å². The van der Waals surface area contributed by atoms with Crippen molar-refractivity contribution >= 4 is 0 Å². The van der Waals surface area contributed by atoms with E-state index in [2.05, 4.69) is 9.72 Å². The maximum Gasteiger partial charge on any atom is 0.573 e. The molecule has 0 fully saturated rings. The lowest BCUT2D eigenvalue weighted by molar-refractivity contribution is -0.274. The van der Waals surface area contributed by atoms with Gasteiger partial charge in [-0.1, -0.05) is 0 Å². The summed E-state index contributed by atoms with van der Waals surface area (Å²) in [4.78, 5) is 3.88. The Morgan fingerprint density at radius 1 is 1.05 bits per heavy atom. The first-order valence-electron chi connectivity index (χ1n) is 5.34. The van der Waals surface area contributed by atoms with Gasteiger partial charge in [0.2, 0.25) is 0 Å². The maximum absolute atomic E-state index is 13.8. The SMILES string of the molecule is Cc1ccnc(-c2ccc(OC(F)(F)F)cc2)c1F. The van der Waals surface area contributed by atoms with E-state index in [4.69, 9.17) is 0 Å². The standard InChI is InChI=1S/C13H9F4NO/c1-8-6-7-18-12(11(8)14)9-2-4-10(5-3-9)19-13(15,16)17/h2-7H,1H3. The van der Waals surface area contributed by atoms with Crippen LogP contribution in [0.2, 0.25) is 0 Å². The van der Waals surface area contributed by atoms with Crippen molar-refractivity contribution in [3.8, 4) is 17.0 Å². The number of benzene rings is 1. The summed E-state index contributed by atoms with van der Waals surface area (Å²) in [5.41, 5.74) is 0.898. The molecular formula is C13H9F4NO. The van der Waals surface area contributed by atoms with Crippen molar-refractivity contribution in [1.29, 1.82) is 0 Å². The summed E-state index contributed by atoms with van der Waals surface area (Å²) in [5.74, 6) is -0.851. The molecule has 0 saturated heterocycles. The highest BCUT2D eigenvalue weighted by Gasteiger charge is 2.31. The van der Waals surface area contributed by atoms with Crippen LogP contribution in [-0.2, 0) is 0 Å². The smallest absolute Gasteiger partial charge is 0.406 e. The lowest BCUT2D eigenvalue weighted by Crippen LogP contribution is -2.16. The summed E-state index contributed by atoms with van der Waals surface area (Å²) < 4.78 is 53.5. The Hall–Kier alpha value is -2.11. The van der Waals surface area contributed by atoms with E-state index in [0.717, 1.165) is 12.1 Å². The molecule has 0 unspecified atom stereocenters. The number of aromatic nitrogens is 1. The third-order valence-electron chi connectivity index (χ3n) is 2.44. The first-order valence-corrected chi connectivity index (χ1v) is 5.34. The van der Waals surface area contributed by atoms with Crippen molar-refractivity contribution in [2.75, 3.05) is 0 Å². The van der Waals surface area contributed by atoms with Crippen LogP contribution in [0.25, 0.3) is 11.3 Å². The van der Waals surface area contributed by atoms with Crippen LogP contribution in [0, 0.1) is 12.7 Å². The van der Waals surface area contributed by atoms with Gasteiger partial charge < -0.3 is 4.74 Å². The van der Waals surface area contributed by atoms with Crippen molar-refractivity contribution in [2.45, 2.75) is 13.3 Å². The van der Waals surface area contributed by atoms with Gasteiger partial charge in [-0.05, 0) is 42.8 Å². The summed E-state index contributed by atoms with van der Waals surface area (Å²) in [7, 11) is 0. The van der Waals surface area contributed by atoms with Gasteiger partial charge in [0, 0.05) is 11.8 Å². The minimum Gasteiger partial charge on any atom is -0.406 e. The van der Waals surface area contributed by atoms with E-state index in [1.807, 2.05) is 0 Å². The van der Waals surface area contributed by atoms with Gasteiger partial charge in [0.1, 0.15) is 11.4 Å². The zero-order valence-electron chi connectivity index (χ0n) is 9.83. The third-order valence-corrected chi connectivity index (χ3v) is 2.44. The average molecular weight is 271 g/mol. The number of nitrogens with zero attached hydrogens (tertiary/aromatic N) is 1. The van der Waals surface area contributed by atoms with Gasteiger partial charge in [-0.25, -0.2) is 4.39 Å². The second-order valence-corrected chi connectivity index (χ2v) is 3.86. The zero-order valence-corrected chi connectivity index (χ0v) is 9.83. The van der Waals surface area contributed by atoms with Crippen molar-refractivity contribution in [2.24, 2.45) is 0 Å². The van der Waals surface area contributed by atoms with E-state index in [1.165, 1.54) is 24.4 Å². The van der Waals surface area contributed by atoms with E-state index in [9.17, 15) is 17.6 Å². The van der Waals surface area contributed by atoms with Crippen LogP contribution < -0.4 is 4.74 Å². The first-order chi connectivity index (χ1) is 8.87. The summed E-state index contributed by atoms with van der Waals surface area (Å²) in [5, 5.41) is 0. The highest BCUT2D eigenvalue weighted by atomic mass is 19.4. The Balaban J connectivity index is 2.30. The molecule has 2 aromatic rings. The van der Waals surface area contributed by atoms with E-state index in [-0.39, 0.29) is 11.4 Å². The molecule has 0 N–H and O–H groups in total. The monoisotopic (exact) mass is 271 g/mol. The van der Waals surface area contributed by atoms with E-state index < -0.39 is 12.2 Å². The van der Waals surface area contributed by atoms with Crippen LogP contribution in [0.15, 0.2) is 36.5 Å². The topological polar surface area (TPSA) is 22.1 Å². The molecule has 0 amide bonds. The number of hydrogen-bond acceptors (Lipinski definition) is 2. The largest absolute Gasteiger partial charge is 0.573 e. The number of pyridine rings is 1. The minimum absolute atomic E-state index is 0.0959. The van der Waals surface area contributed by atoms with Gasteiger partial charge in [0.15, 0.2) is 5.82 Å². The molecule has 0 bridgehead atoms. The maximum atomic E-state index is 13.8. The predicted octanol–water partition coefficient (Wildman–Crippen LogP) is 4.09. The number of halogens is 4. The fourth-order valence-electron chi connectivity index (χ4n) is 1.56. The molecule has 1 aromatic heterocycles. The van der Waals surface area contributed by atoms with Gasteiger partial charge in [0.25, 0.3) is 0 Å². The van der Waals surface area contributed by atoms with E-state index >= 15 is 0 Å². The first kappa shape index (κ1) is 13.3. The molecule has 1 aromatic carbocycles. The number of ether oxygens (including phenoxy) is 1. The van der Waals surface area contributed by atoms with Gasteiger partial charge in [-0.15, -0.1) is 13.2 Å². The van der Waals surface area contributed by atoms with Crippen molar-refractivity contribution in [1.82, 2.24) is 4.98 Å². The lowest BCUT2D eigenvalue weighted by Gasteiger charge is -2.09. The van der Waals surface area contributed by atoms with Crippen LogP contribution in [-0.4, -0.2) is 11.3 Å². The number of hydrogen-bond donors (Lipinski definition) is 0. The highest BCUT2D eigenvalue weighted by Crippen LogP contribution is 2.27. The van der Waals surface area contributed by atoms with Gasteiger partial charge in [-0.3, -0.25) is 4.98 Å². The van der Waals surface area contributed by atoms with Crippen LogP contribution in [0.5, 0.6) is 5.75 Å². The van der Waals surface area contributed by atoms with E-state index in [0.29, 0.717) is 11.1 Å². The number of alkyl halides is 3. The fraction of sp³-hybridized carbons (Fsp3) is 0.154. The molecule has 0 atom stereocenters. The Labute approximate surface area is 106 Å². The van der Waals surface area contributed by atoms with Crippen LogP contribution in [0.4, 0.5) is 17.6 Å². The second kappa shape index (κ2) is 4.87. The predicted molar refractivity (Wildman–Crippen MR) is 61.1 cm³/mol. The normalized spacial score (nSPS) is 11.4. The van der Waals surface area contributed by atoms with Crippen LogP contribution in [0.3, 0.4) is 0 Å². The van der Waals surface area contributed by atoms with Crippen LogP contribution in [0.1, 0.15) is 5.56 Å². The Morgan fingerprint density at radius 2 is 1.68 bits per heavy atom. The second-order valence-electron chi connectivity index (χ2n) is 3.86. The fourth-order valence-corrected chi connectivity index (χ4v) is 1.56. The molecule has 2 nitrogen and oxygen atoms in total. The Bertz CT molecular complexity index is 578. The molecule has 1 heterocycles. The molecule has 0 spiro atoms. The average Bonchev–Trinajstić information content (AvgIpc) is 2.32. The molecule has 0 aliphatic carbocycles. The highest BCUT2D eigenvalue weighted by molar-refractivity contribution is 5.61. The molecule has 0 radical (unpaired) electrons. The Kier molecular flexibility index (Phi) is 3.42. The molecule has 100 valence electrons. The molecule has 0 saturated carbocycles. The molecule has 19 heavy (non-hydrogen) atoms. The summed E-state index contributed by atoms with van der Waals surface area (Å²) in [6.07, 6.45) is -3.30. The lowest BCUT2D eigenvalue weighted by atomic mass is 10.1. The summed E-state index contributed by atoms with van der Waals surface area (Å²) >= 11 is 0. The van der Waals surface area contributed by atoms with Crippen LogP contribution >= 0.6 is 0 Å². The van der Waals surface area contributed by atoms with Gasteiger partial charge >= 0.3 is 6.36 Å². The quantitative estimate of drug-likeness (QED) is 0.767. The van der Waals surface area contributed by atoms with Gasteiger partial charge in [0.05, 0.1) is 0 Å². The van der Waals surface area contributed by atoms with Crippen molar-refractivity contribution in [3.63, 3.8) is 0 Å². The number of rotatable bonds is 2. The molecule has 6 heteroatoms. The van der Waals surface area contributed by atoms with Gasteiger partial charge in [-0.2, -0.15) is 0 Å². The zero-order chi connectivity index (χ0) is 14.0. The molecule has 2 rings (SSSR count). The molecule has 0 aliphatic rings. The molecular weight excluding hydrogens is 262 g/mol. The van der Waals surface area contributed by atoms with E-state index in [1.54, 1.807) is 6.92 Å². The molecule has 0 aliphatic heterocycles. The summed E-state index contributed by atoms with van der Waals surface area (Å²) in [6, 6.07) is 6.40. The Morgan fingerprint density at radius 3 is 2.26 bits per heavy atom. The minimum atomic E-state index is -4.74. The third kappa shape index (κ3) is 3.21.